The van der Waals surface area contributed by atoms with Crippen LogP contribution < -0.4 is 10.1 Å². The predicted molar refractivity (Wildman–Crippen MR) is 96.4 cm³/mol. The number of benzene rings is 1. The smallest absolute Gasteiger partial charge is 0.269 e. The van der Waals surface area contributed by atoms with Crippen molar-refractivity contribution < 1.29 is 19.4 Å². The van der Waals surface area contributed by atoms with Crippen LogP contribution in [0.1, 0.15) is 57.5 Å². The van der Waals surface area contributed by atoms with Crippen molar-refractivity contribution >= 4 is 11.7 Å². The van der Waals surface area contributed by atoms with Crippen LogP contribution in [0.4, 0.5) is 0 Å². The number of nitrogens with zero attached hydrogens (tertiary/aromatic N) is 1. The molecule has 1 fully saturated rings. The largest absolute Gasteiger partial charge is 0.496 e. The average Bonchev–Trinajstić information content (AvgIpc) is 3.50. The molecule has 0 radical (unpaired) electrons. The first-order valence-electron chi connectivity index (χ1n) is 8.61. The summed E-state index contributed by atoms with van der Waals surface area (Å²) < 4.78 is 5.29. The van der Waals surface area contributed by atoms with Crippen molar-refractivity contribution in [3.63, 3.8) is 0 Å². The molecule has 2 aromatic rings. The Bertz CT molecular complexity index is 830. The fraction of sp³-hybridized carbons (Fsp3) is 0.350. The minimum atomic E-state index is -1.11. The lowest BCUT2D eigenvalue weighted by Crippen LogP contribution is -2.21. The maximum atomic E-state index is 12.5. The quantitative estimate of drug-likeness (QED) is 0.746. The molecule has 3 rings (SSSR count). The minimum absolute atomic E-state index is 0.0338. The third-order valence-corrected chi connectivity index (χ3v) is 4.51. The van der Waals surface area contributed by atoms with Gasteiger partial charge in [0.05, 0.1) is 12.8 Å². The Balaban J connectivity index is 2.01. The molecule has 26 heavy (non-hydrogen) atoms. The molecule has 2 N–H and O–H groups in total. The summed E-state index contributed by atoms with van der Waals surface area (Å²) in [5.74, 6) is 0.507. The van der Waals surface area contributed by atoms with E-state index in [0.29, 0.717) is 29.2 Å². The van der Waals surface area contributed by atoms with Gasteiger partial charge < -0.3 is 15.2 Å². The van der Waals surface area contributed by atoms with E-state index in [1.54, 1.807) is 30.3 Å². The summed E-state index contributed by atoms with van der Waals surface area (Å²) in [4.78, 5) is 28.9. The number of carbonyl (C=O) groups excluding carboxylic acids is 2. The summed E-state index contributed by atoms with van der Waals surface area (Å²) in [6, 6.07) is 10.1. The molecule has 1 atom stereocenters. The second-order valence-electron chi connectivity index (χ2n) is 6.46. The lowest BCUT2D eigenvalue weighted by atomic mass is 10.00. The van der Waals surface area contributed by atoms with Crippen LogP contribution in [0, 0.1) is 5.92 Å². The SMILES string of the molecule is CNC(=O)c1cc(C(=O)CC2CC2)cc([C@@H](O)c2ccccc2OC)n1. The van der Waals surface area contributed by atoms with Gasteiger partial charge in [-0.3, -0.25) is 9.59 Å². The number of nitrogens with one attached hydrogen (secondary N) is 1. The Morgan fingerprint density at radius 1 is 1.31 bits per heavy atom. The molecule has 6 nitrogen and oxygen atoms in total. The summed E-state index contributed by atoms with van der Waals surface area (Å²) >= 11 is 0. The van der Waals surface area contributed by atoms with Crippen molar-refractivity contribution in [2.45, 2.75) is 25.4 Å². The zero-order valence-corrected chi connectivity index (χ0v) is 14.9. The number of rotatable bonds is 7. The molecule has 1 aliphatic carbocycles. The summed E-state index contributed by atoms with van der Waals surface area (Å²) in [5.41, 5.74) is 1.28. The van der Waals surface area contributed by atoms with Crippen molar-refractivity contribution in [3.05, 3.63) is 58.9 Å². The van der Waals surface area contributed by atoms with Gasteiger partial charge in [-0.2, -0.15) is 0 Å². The van der Waals surface area contributed by atoms with E-state index in [9.17, 15) is 14.7 Å². The predicted octanol–water partition coefficient (Wildman–Crippen LogP) is 2.51. The van der Waals surface area contributed by atoms with Gasteiger partial charge in [-0.1, -0.05) is 18.2 Å². The molecule has 1 aromatic carbocycles. The van der Waals surface area contributed by atoms with E-state index >= 15 is 0 Å². The number of ketones is 1. The highest BCUT2D eigenvalue weighted by Crippen LogP contribution is 2.34. The number of Topliss-reactive ketones (excluding diaryl/α,β-unsaturated/α-hetero) is 1. The number of ether oxygens (including phenoxy) is 1. The maximum Gasteiger partial charge on any atom is 0.269 e. The van der Waals surface area contributed by atoms with E-state index in [1.165, 1.54) is 20.2 Å². The first kappa shape index (κ1) is 18.1. The number of aliphatic hydroxyl groups excluding tert-OH is 1. The van der Waals surface area contributed by atoms with E-state index in [-0.39, 0.29) is 17.2 Å². The fourth-order valence-electron chi connectivity index (χ4n) is 2.85. The van der Waals surface area contributed by atoms with Gasteiger partial charge in [-0.25, -0.2) is 4.98 Å². The maximum absolute atomic E-state index is 12.5. The molecule has 0 aliphatic heterocycles. The van der Waals surface area contributed by atoms with Crippen LogP contribution in [-0.4, -0.2) is 35.9 Å². The number of hydrogen-bond donors (Lipinski definition) is 2. The highest BCUT2D eigenvalue weighted by Gasteiger charge is 2.27. The van der Waals surface area contributed by atoms with Crippen LogP contribution in [0.5, 0.6) is 5.75 Å². The highest BCUT2D eigenvalue weighted by molar-refractivity contribution is 6.00. The van der Waals surface area contributed by atoms with Crippen molar-refractivity contribution in [3.8, 4) is 5.75 Å². The molecule has 0 spiro atoms. The number of pyridine rings is 1. The van der Waals surface area contributed by atoms with Crippen molar-refractivity contribution in [2.75, 3.05) is 14.2 Å². The van der Waals surface area contributed by atoms with Crippen LogP contribution in [0.3, 0.4) is 0 Å². The van der Waals surface area contributed by atoms with E-state index in [2.05, 4.69) is 10.3 Å². The van der Waals surface area contributed by atoms with Crippen LogP contribution in [-0.2, 0) is 0 Å². The summed E-state index contributed by atoms with van der Waals surface area (Å²) in [5, 5.41) is 13.3. The second kappa shape index (κ2) is 7.66. The van der Waals surface area contributed by atoms with Crippen molar-refractivity contribution in [1.82, 2.24) is 10.3 Å². The minimum Gasteiger partial charge on any atom is -0.496 e. The molecule has 0 unspecified atom stereocenters. The molecular formula is C20H22N2O4. The van der Waals surface area contributed by atoms with Gasteiger partial charge >= 0.3 is 0 Å². The third-order valence-electron chi connectivity index (χ3n) is 4.51. The number of para-hydroxylation sites is 1. The molecular weight excluding hydrogens is 332 g/mol. The second-order valence-corrected chi connectivity index (χ2v) is 6.46. The molecule has 1 amide bonds. The lowest BCUT2D eigenvalue weighted by Gasteiger charge is -2.16. The number of aliphatic hydroxyl groups is 1. The molecule has 1 aromatic heterocycles. The van der Waals surface area contributed by atoms with Crippen molar-refractivity contribution in [1.29, 1.82) is 0 Å². The van der Waals surface area contributed by atoms with Gasteiger partial charge in [-0.05, 0) is 37.0 Å². The number of aromatic nitrogens is 1. The van der Waals surface area contributed by atoms with Crippen LogP contribution in [0.2, 0.25) is 0 Å². The standard InChI is InChI=1S/C20H22N2O4/c1-21-20(25)16-11-13(17(23)9-12-7-8-12)10-15(22-16)19(24)14-5-3-4-6-18(14)26-2/h3-6,10-12,19,24H,7-9H2,1-2H3,(H,21,25)/t19-/m0/s1. The average molecular weight is 354 g/mol. The summed E-state index contributed by atoms with van der Waals surface area (Å²) in [6.45, 7) is 0. The van der Waals surface area contributed by atoms with E-state index in [1.807, 2.05) is 0 Å². The van der Waals surface area contributed by atoms with E-state index < -0.39 is 12.0 Å². The molecule has 1 heterocycles. The summed E-state index contributed by atoms with van der Waals surface area (Å²) in [6.07, 6.45) is 1.48. The van der Waals surface area contributed by atoms with Gasteiger partial charge in [0.25, 0.3) is 5.91 Å². The van der Waals surface area contributed by atoms with Gasteiger partial charge in [-0.15, -0.1) is 0 Å². The first-order valence-corrected chi connectivity index (χ1v) is 8.61. The van der Waals surface area contributed by atoms with Crippen LogP contribution >= 0.6 is 0 Å². The van der Waals surface area contributed by atoms with E-state index in [4.69, 9.17) is 4.74 Å². The molecule has 1 saturated carbocycles. The number of amides is 1. The van der Waals surface area contributed by atoms with Crippen LogP contribution in [0.15, 0.2) is 36.4 Å². The monoisotopic (exact) mass is 354 g/mol. The Kier molecular flexibility index (Phi) is 5.32. The fourth-order valence-corrected chi connectivity index (χ4v) is 2.85. The number of methoxy groups -OCH3 is 1. The number of hydrogen-bond acceptors (Lipinski definition) is 5. The van der Waals surface area contributed by atoms with Gasteiger partial charge in [0.2, 0.25) is 0 Å². The molecule has 0 saturated heterocycles. The van der Waals surface area contributed by atoms with Gasteiger partial charge in [0.1, 0.15) is 17.5 Å². The van der Waals surface area contributed by atoms with Gasteiger partial charge in [0.15, 0.2) is 5.78 Å². The van der Waals surface area contributed by atoms with Crippen molar-refractivity contribution in [2.24, 2.45) is 5.92 Å². The van der Waals surface area contributed by atoms with Crippen LogP contribution in [0.25, 0.3) is 0 Å². The zero-order chi connectivity index (χ0) is 18.7. The first-order chi connectivity index (χ1) is 12.5. The number of carbonyl (C=O) groups is 2. The Labute approximate surface area is 152 Å². The lowest BCUT2D eigenvalue weighted by molar-refractivity contribution is 0.0957. The topological polar surface area (TPSA) is 88.5 Å². The zero-order valence-electron chi connectivity index (χ0n) is 14.9. The highest BCUT2D eigenvalue weighted by atomic mass is 16.5. The normalized spacial score (nSPS) is 14.6. The van der Waals surface area contributed by atoms with Gasteiger partial charge in [0, 0.05) is 24.6 Å². The third kappa shape index (κ3) is 3.91. The Hall–Kier alpha value is -2.73. The molecule has 6 heteroatoms. The molecule has 0 bridgehead atoms. The molecule has 136 valence electrons. The Morgan fingerprint density at radius 3 is 2.69 bits per heavy atom. The van der Waals surface area contributed by atoms with E-state index in [0.717, 1.165) is 12.8 Å². The Morgan fingerprint density at radius 2 is 2.04 bits per heavy atom. The molecule has 1 aliphatic rings. The summed E-state index contributed by atoms with van der Waals surface area (Å²) in [7, 11) is 3.02.